The first-order valence-corrected chi connectivity index (χ1v) is 9.73. The van der Waals surface area contributed by atoms with E-state index in [1.165, 1.54) is 11.3 Å². The van der Waals surface area contributed by atoms with Gasteiger partial charge >= 0.3 is 0 Å². The summed E-state index contributed by atoms with van der Waals surface area (Å²) in [6, 6.07) is 8.41. The first-order valence-electron chi connectivity index (χ1n) is 7.36. The van der Waals surface area contributed by atoms with Gasteiger partial charge < -0.3 is 10.1 Å². The zero-order valence-electron chi connectivity index (χ0n) is 13.3. The number of ether oxygens (including phenoxy) is 1. The van der Waals surface area contributed by atoms with E-state index in [0.717, 1.165) is 14.7 Å². The Bertz CT molecular complexity index is 982. The zero-order valence-corrected chi connectivity index (χ0v) is 17.3. The van der Waals surface area contributed by atoms with Gasteiger partial charge in [0, 0.05) is 15.2 Å². The van der Waals surface area contributed by atoms with Crippen molar-refractivity contribution in [1.29, 1.82) is 0 Å². The standard InChI is InChI=1S/C16H13BrCl2N4O2S/c1-7(25-12-3-2-8(18)4-11(12)19)15(24)21-9-5-10(17)14-13(6-9)26-16(22-14)23-20/h2-7H,20H2,1H3,(H,21,24)(H,22,23)/t7-/m1/s1. The van der Waals surface area contributed by atoms with Crippen LogP contribution < -0.4 is 21.3 Å². The molecule has 0 fully saturated rings. The molecule has 0 bridgehead atoms. The molecule has 0 unspecified atom stereocenters. The molecular weight excluding hydrogens is 463 g/mol. The number of amides is 1. The third kappa shape index (κ3) is 4.21. The molecular formula is C16H13BrCl2N4O2S. The van der Waals surface area contributed by atoms with Crippen molar-refractivity contribution in [3.05, 3.63) is 44.8 Å². The van der Waals surface area contributed by atoms with Crippen LogP contribution in [-0.2, 0) is 4.79 Å². The number of nitrogens with two attached hydrogens (primary N) is 1. The molecule has 26 heavy (non-hydrogen) atoms. The minimum atomic E-state index is -0.758. The monoisotopic (exact) mass is 474 g/mol. The number of nitrogens with zero attached hydrogens (tertiary/aromatic N) is 1. The summed E-state index contributed by atoms with van der Waals surface area (Å²) in [6.07, 6.45) is -0.758. The molecule has 3 aromatic rings. The topological polar surface area (TPSA) is 89.3 Å². The number of hydrogen-bond acceptors (Lipinski definition) is 6. The lowest BCUT2D eigenvalue weighted by Gasteiger charge is -2.16. The Hall–Kier alpha value is -1.58. The molecule has 0 saturated carbocycles. The summed E-state index contributed by atoms with van der Waals surface area (Å²) in [5, 5.41) is 4.23. The molecule has 1 aromatic heterocycles. The van der Waals surface area contributed by atoms with E-state index in [2.05, 4.69) is 31.7 Å². The van der Waals surface area contributed by atoms with Gasteiger partial charge in [-0.2, -0.15) is 0 Å². The van der Waals surface area contributed by atoms with Crippen LogP contribution in [0.2, 0.25) is 10.0 Å². The van der Waals surface area contributed by atoms with Crippen LogP contribution in [0.4, 0.5) is 10.8 Å². The zero-order chi connectivity index (χ0) is 18.8. The SMILES string of the molecule is C[C@@H](Oc1ccc(Cl)cc1Cl)C(=O)Nc1cc(Br)c2nc(NN)sc2c1. The molecule has 0 radical (unpaired) electrons. The molecule has 10 heteroatoms. The van der Waals surface area contributed by atoms with Crippen LogP contribution in [-0.4, -0.2) is 17.0 Å². The Morgan fingerprint density at radius 1 is 1.35 bits per heavy atom. The molecule has 1 atom stereocenters. The van der Waals surface area contributed by atoms with Crippen molar-refractivity contribution in [3.8, 4) is 5.75 Å². The average molecular weight is 476 g/mol. The van der Waals surface area contributed by atoms with Crippen LogP contribution in [0.25, 0.3) is 10.2 Å². The maximum Gasteiger partial charge on any atom is 0.265 e. The molecule has 6 nitrogen and oxygen atoms in total. The number of benzene rings is 2. The number of anilines is 2. The highest BCUT2D eigenvalue weighted by Crippen LogP contribution is 2.34. The molecule has 0 aliphatic rings. The average Bonchev–Trinajstić information content (AvgIpc) is 3.01. The van der Waals surface area contributed by atoms with Crippen molar-refractivity contribution in [2.45, 2.75) is 13.0 Å². The van der Waals surface area contributed by atoms with Gasteiger partial charge in [0.15, 0.2) is 11.2 Å². The molecule has 0 aliphatic heterocycles. The third-order valence-corrected chi connectivity index (χ3v) is 5.47. The molecule has 3 rings (SSSR count). The maximum atomic E-state index is 12.4. The summed E-state index contributed by atoms with van der Waals surface area (Å²) in [6.45, 7) is 1.64. The Balaban J connectivity index is 1.75. The molecule has 1 heterocycles. The van der Waals surface area contributed by atoms with Crippen molar-refractivity contribution in [3.63, 3.8) is 0 Å². The van der Waals surface area contributed by atoms with Gasteiger partial charge in [-0.15, -0.1) is 0 Å². The van der Waals surface area contributed by atoms with E-state index in [1.807, 2.05) is 6.07 Å². The van der Waals surface area contributed by atoms with Crippen LogP contribution in [0.15, 0.2) is 34.8 Å². The minimum Gasteiger partial charge on any atom is -0.479 e. The largest absolute Gasteiger partial charge is 0.479 e. The van der Waals surface area contributed by atoms with Gasteiger partial charge in [-0.25, -0.2) is 10.8 Å². The van der Waals surface area contributed by atoms with Gasteiger partial charge in [0.05, 0.1) is 15.2 Å². The van der Waals surface area contributed by atoms with E-state index >= 15 is 0 Å². The van der Waals surface area contributed by atoms with E-state index in [-0.39, 0.29) is 5.91 Å². The second-order valence-corrected chi connectivity index (χ2v) is 8.02. The smallest absolute Gasteiger partial charge is 0.265 e. The second-order valence-electron chi connectivity index (χ2n) is 5.29. The summed E-state index contributed by atoms with van der Waals surface area (Å²) >= 11 is 16.8. The van der Waals surface area contributed by atoms with E-state index in [9.17, 15) is 4.79 Å². The lowest BCUT2D eigenvalue weighted by atomic mass is 10.2. The second kappa shape index (κ2) is 7.98. The fourth-order valence-corrected chi connectivity index (χ4v) is 4.16. The number of rotatable bonds is 5. The van der Waals surface area contributed by atoms with Crippen LogP contribution in [0.5, 0.6) is 5.75 Å². The van der Waals surface area contributed by atoms with E-state index < -0.39 is 6.10 Å². The number of thiazole rings is 1. The molecule has 0 saturated heterocycles. The normalized spacial score (nSPS) is 12.0. The summed E-state index contributed by atoms with van der Waals surface area (Å²) < 4.78 is 7.24. The molecule has 0 aliphatic carbocycles. The highest BCUT2D eigenvalue weighted by Gasteiger charge is 2.18. The number of carbonyl (C=O) groups is 1. The van der Waals surface area contributed by atoms with Gasteiger partial charge in [-0.1, -0.05) is 34.5 Å². The quantitative estimate of drug-likeness (QED) is 0.354. The number of halogens is 3. The van der Waals surface area contributed by atoms with E-state index in [1.54, 1.807) is 31.2 Å². The number of carbonyl (C=O) groups excluding carboxylic acids is 1. The van der Waals surface area contributed by atoms with Crippen LogP contribution in [0, 0.1) is 0 Å². The highest BCUT2D eigenvalue weighted by atomic mass is 79.9. The van der Waals surface area contributed by atoms with Gasteiger partial charge in [-0.05, 0) is 53.2 Å². The van der Waals surface area contributed by atoms with Crippen molar-refractivity contribution in [2.24, 2.45) is 5.84 Å². The van der Waals surface area contributed by atoms with Gasteiger partial charge in [0.25, 0.3) is 5.91 Å². The Labute approximate surface area is 171 Å². The molecule has 1 amide bonds. The maximum absolute atomic E-state index is 12.4. The fourth-order valence-electron chi connectivity index (χ4n) is 2.18. The Kier molecular flexibility index (Phi) is 5.89. The van der Waals surface area contributed by atoms with Crippen molar-refractivity contribution < 1.29 is 9.53 Å². The summed E-state index contributed by atoms with van der Waals surface area (Å²) in [4.78, 5) is 16.8. The minimum absolute atomic E-state index is 0.316. The molecule has 0 spiro atoms. The number of hydrazine groups is 1. The summed E-state index contributed by atoms with van der Waals surface area (Å²) in [5.41, 5.74) is 3.89. The Morgan fingerprint density at radius 3 is 2.81 bits per heavy atom. The van der Waals surface area contributed by atoms with E-state index in [4.69, 9.17) is 33.8 Å². The number of fused-ring (bicyclic) bond motifs is 1. The van der Waals surface area contributed by atoms with Crippen LogP contribution in [0.3, 0.4) is 0 Å². The first-order chi connectivity index (χ1) is 12.4. The number of aromatic nitrogens is 1. The summed E-state index contributed by atoms with van der Waals surface area (Å²) in [7, 11) is 0. The van der Waals surface area contributed by atoms with Gasteiger partial charge in [0.2, 0.25) is 0 Å². The fraction of sp³-hybridized carbons (Fsp3) is 0.125. The predicted octanol–water partition coefficient (Wildman–Crippen LogP) is 5.06. The number of nitrogen functional groups attached to an aromatic ring is 1. The molecule has 4 N–H and O–H groups in total. The van der Waals surface area contributed by atoms with Gasteiger partial charge in [0.1, 0.15) is 5.75 Å². The lowest BCUT2D eigenvalue weighted by Crippen LogP contribution is -2.30. The first kappa shape index (κ1) is 19.2. The van der Waals surface area contributed by atoms with E-state index in [0.29, 0.717) is 26.6 Å². The number of nitrogens with one attached hydrogen (secondary N) is 2. The van der Waals surface area contributed by atoms with Crippen molar-refractivity contribution >= 4 is 77.4 Å². The summed E-state index contributed by atoms with van der Waals surface area (Å²) in [5.74, 6) is 5.46. The van der Waals surface area contributed by atoms with Crippen molar-refractivity contribution in [1.82, 2.24) is 4.98 Å². The Morgan fingerprint density at radius 2 is 2.12 bits per heavy atom. The van der Waals surface area contributed by atoms with Crippen molar-refractivity contribution in [2.75, 3.05) is 10.7 Å². The van der Waals surface area contributed by atoms with Crippen LogP contribution in [0.1, 0.15) is 6.92 Å². The lowest BCUT2D eigenvalue weighted by molar-refractivity contribution is -0.122. The highest BCUT2D eigenvalue weighted by molar-refractivity contribution is 9.10. The van der Waals surface area contributed by atoms with Gasteiger partial charge in [-0.3, -0.25) is 10.2 Å². The predicted molar refractivity (Wildman–Crippen MR) is 110 cm³/mol. The molecule has 136 valence electrons. The van der Waals surface area contributed by atoms with Crippen LogP contribution >= 0.6 is 50.5 Å². The molecule has 2 aromatic carbocycles. The number of hydrogen-bond donors (Lipinski definition) is 3. The third-order valence-electron chi connectivity index (χ3n) is 3.41.